The van der Waals surface area contributed by atoms with Gasteiger partial charge in [0.2, 0.25) is 6.71 Å². The van der Waals surface area contributed by atoms with Gasteiger partial charge < -0.3 is 9.80 Å². The van der Waals surface area contributed by atoms with Crippen LogP contribution in [-0.4, -0.2) is 17.5 Å². The molecule has 4 aliphatic heterocycles. The van der Waals surface area contributed by atoms with Gasteiger partial charge in [0.15, 0.2) is 0 Å². The van der Waals surface area contributed by atoms with Gasteiger partial charge in [-0.25, -0.2) is 0 Å². The third kappa shape index (κ3) is 2.09. The summed E-state index contributed by atoms with van der Waals surface area (Å²) >= 11 is 2.09. The highest BCUT2D eigenvalue weighted by molar-refractivity contribution is 8.02. The third-order valence-electron chi connectivity index (χ3n) is 8.13. The van der Waals surface area contributed by atoms with E-state index in [9.17, 15) is 0 Å². The molecule has 0 aromatic heterocycles. The van der Waals surface area contributed by atoms with Crippen LogP contribution in [0.5, 0.6) is 0 Å². The summed E-state index contributed by atoms with van der Waals surface area (Å²) in [6.07, 6.45) is 0. The zero-order chi connectivity index (χ0) is 21.9. The third-order valence-corrected chi connectivity index (χ3v) is 9.57. The summed E-state index contributed by atoms with van der Waals surface area (Å²) in [7, 11) is 0. The van der Waals surface area contributed by atoms with Crippen molar-refractivity contribution >= 4 is 52.1 Å². The molecule has 2 atom stereocenters. The highest BCUT2D eigenvalue weighted by Crippen LogP contribution is 2.58. The molecule has 0 spiro atoms. The molecule has 0 amide bonds. The topological polar surface area (TPSA) is 6.48 Å². The van der Waals surface area contributed by atoms with Crippen LogP contribution in [0, 0.1) is 0 Å². The summed E-state index contributed by atoms with van der Waals surface area (Å²) in [4.78, 5) is 6.61. The minimum atomic E-state index is -0.206. The first-order valence-corrected chi connectivity index (χ1v) is 12.7. The average Bonchev–Trinajstić information content (AvgIpc) is 3.44. The van der Waals surface area contributed by atoms with E-state index in [2.05, 4.69) is 126 Å². The van der Waals surface area contributed by atoms with Crippen LogP contribution in [-0.2, 0) is 0 Å². The summed E-state index contributed by atoms with van der Waals surface area (Å²) in [6.45, 7) is 5.16. The van der Waals surface area contributed by atoms with E-state index in [-0.39, 0.29) is 5.66 Å². The zero-order valence-corrected chi connectivity index (χ0v) is 19.5. The normalized spacial score (nSPS) is 22.2. The van der Waals surface area contributed by atoms with Crippen molar-refractivity contribution in [3.05, 3.63) is 102 Å². The predicted octanol–water partition coefficient (Wildman–Crippen LogP) is 5.79. The first-order valence-electron chi connectivity index (χ1n) is 11.8. The Balaban J connectivity index is 1.42. The fourth-order valence-electron chi connectivity index (χ4n) is 7.05. The van der Waals surface area contributed by atoms with Gasteiger partial charge in [0.25, 0.3) is 0 Å². The van der Waals surface area contributed by atoms with Crippen molar-refractivity contribution in [3.63, 3.8) is 0 Å². The summed E-state index contributed by atoms with van der Waals surface area (Å²) in [6, 6.07) is 33.9. The molecule has 4 aromatic rings. The maximum atomic E-state index is 2.62. The van der Waals surface area contributed by atoms with Crippen molar-refractivity contribution in [3.8, 4) is 0 Å². The summed E-state index contributed by atoms with van der Waals surface area (Å²) < 4.78 is 0. The molecule has 158 valence electrons. The van der Waals surface area contributed by atoms with E-state index in [4.69, 9.17) is 0 Å². The number of benzene rings is 4. The maximum absolute atomic E-state index is 2.62. The zero-order valence-electron chi connectivity index (χ0n) is 18.7. The van der Waals surface area contributed by atoms with Crippen LogP contribution < -0.4 is 20.7 Å². The van der Waals surface area contributed by atoms with E-state index in [1.807, 2.05) is 0 Å². The quantitative estimate of drug-likeness (QED) is 0.345. The van der Waals surface area contributed by atoms with Gasteiger partial charge in [-0.3, -0.25) is 0 Å². The molecule has 0 aliphatic carbocycles. The minimum absolute atomic E-state index is 0.206. The van der Waals surface area contributed by atoms with Gasteiger partial charge in [0.1, 0.15) is 5.66 Å². The van der Waals surface area contributed by atoms with E-state index >= 15 is 0 Å². The Morgan fingerprint density at radius 3 is 2.33 bits per heavy atom. The molecule has 0 saturated carbocycles. The molecule has 33 heavy (non-hydrogen) atoms. The second-order valence-electron chi connectivity index (χ2n) is 10.1. The molecular formula is C29H23BN2S. The number of nitrogens with zero attached hydrogens (tertiary/aromatic N) is 2. The summed E-state index contributed by atoms with van der Waals surface area (Å²) in [5, 5.41) is 0.529. The van der Waals surface area contributed by atoms with Gasteiger partial charge in [-0.1, -0.05) is 60.7 Å². The van der Waals surface area contributed by atoms with E-state index in [0.29, 0.717) is 17.8 Å². The number of anilines is 4. The second-order valence-corrected chi connectivity index (χ2v) is 11.3. The molecule has 0 radical (unpaired) electrons. The Labute approximate surface area is 199 Å². The SMILES string of the molecule is CC1(C)N(c2ccccc2)c2cccc3c2N1c1cccc2c1B3C1Sc3ccccc3C21. The van der Waals surface area contributed by atoms with Crippen molar-refractivity contribution in [2.75, 3.05) is 9.80 Å². The Kier molecular flexibility index (Phi) is 3.37. The van der Waals surface area contributed by atoms with E-state index < -0.39 is 0 Å². The number of hydrogen-bond donors (Lipinski definition) is 0. The predicted molar refractivity (Wildman–Crippen MR) is 141 cm³/mol. The van der Waals surface area contributed by atoms with Gasteiger partial charge in [-0.05, 0) is 66.2 Å². The highest BCUT2D eigenvalue weighted by Gasteiger charge is 2.57. The van der Waals surface area contributed by atoms with Crippen LogP contribution in [0.15, 0.2) is 95.9 Å². The van der Waals surface area contributed by atoms with Crippen molar-refractivity contribution in [1.82, 2.24) is 0 Å². The van der Waals surface area contributed by atoms with Gasteiger partial charge in [0, 0.05) is 27.3 Å². The van der Waals surface area contributed by atoms with Crippen LogP contribution in [0.3, 0.4) is 0 Å². The molecule has 0 bridgehead atoms. The molecule has 0 N–H and O–H groups in total. The number of thioether (sulfide) groups is 1. The molecule has 8 rings (SSSR count). The standard InChI is InChI=1S/C29H23BN2S/c1-29(2)31(18-10-4-3-5-11-18)23-16-9-14-21-27(23)32(29)22-15-8-13-20-25-19-12-6-7-17-24(19)33-28(25)30(21)26(20)22/h3-17,25,28H,1-2H3. The second kappa shape index (κ2) is 6.06. The largest absolute Gasteiger partial charge is 0.317 e. The Hall–Kier alpha value is -3.11. The Morgan fingerprint density at radius 2 is 1.45 bits per heavy atom. The molecule has 2 unspecified atom stereocenters. The van der Waals surface area contributed by atoms with Crippen LogP contribution in [0.4, 0.5) is 22.7 Å². The van der Waals surface area contributed by atoms with Gasteiger partial charge in [-0.15, -0.1) is 11.8 Å². The Bertz CT molecular complexity index is 1460. The molecule has 4 aliphatic rings. The van der Waals surface area contributed by atoms with Crippen molar-refractivity contribution in [2.45, 2.75) is 35.5 Å². The lowest BCUT2D eigenvalue weighted by Crippen LogP contribution is -2.57. The number of para-hydroxylation sites is 2. The van der Waals surface area contributed by atoms with Crippen molar-refractivity contribution in [2.24, 2.45) is 0 Å². The van der Waals surface area contributed by atoms with Crippen LogP contribution in [0.25, 0.3) is 0 Å². The maximum Gasteiger partial charge on any atom is 0.229 e. The lowest BCUT2D eigenvalue weighted by atomic mass is 9.38. The van der Waals surface area contributed by atoms with Gasteiger partial charge in [0.05, 0.1) is 11.4 Å². The molecule has 0 fully saturated rings. The molecule has 4 heteroatoms. The van der Waals surface area contributed by atoms with E-state index in [1.165, 1.54) is 44.2 Å². The number of rotatable bonds is 1. The first-order chi connectivity index (χ1) is 16.2. The molecule has 2 nitrogen and oxygen atoms in total. The van der Waals surface area contributed by atoms with E-state index in [1.54, 1.807) is 5.46 Å². The van der Waals surface area contributed by atoms with Crippen molar-refractivity contribution < 1.29 is 0 Å². The first kappa shape index (κ1) is 18.3. The average molecular weight is 442 g/mol. The molecule has 4 heterocycles. The highest BCUT2D eigenvalue weighted by atomic mass is 32.2. The van der Waals surface area contributed by atoms with Crippen LogP contribution >= 0.6 is 11.8 Å². The fraction of sp³-hybridized carbons (Fsp3) is 0.172. The number of fused-ring (bicyclic) bond motifs is 7. The van der Waals surface area contributed by atoms with Crippen LogP contribution in [0.1, 0.15) is 30.9 Å². The lowest BCUT2D eigenvalue weighted by molar-refractivity contribution is 0.541. The van der Waals surface area contributed by atoms with Gasteiger partial charge in [-0.2, -0.15) is 0 Å². The molecule has 4 aromatic carbocycles. The van der Waals surface area contributed by atoms with Gasteiger partial charge >= 0.3 is 0 Å². The lowest BCUT2D eigenvalue weighted by Gasteiger charge is -2.43. The van der Waals surface area contributed by atoms with Crippen LogP contribution in [0.2, 0.25) is 0 Å². The smallest absolute Gasteiger partial charge is 0.229 e. The Morgan fingerprint density at radius 1 is 0.727 bits per heavy atom. The summed E-state index contributed by atoms with van der Waals surface area (Å²) in [5.74, 6) is 0.482. The van der Waals surface area contributed by atoms with Crippen molar-refractivity contribution in [1.29, 1.82) is 0 Å². The number of hydrogen-bond acceptors (Lipinski definition) is 3. The fourth-order valence-corrected chi connectivity index (χ4v) is 8.68. The van der Waals surface area contributed by atoms with E-state index in [0.717, 1.165) is 0 Å². The molecule has 0 saturated heterocycles. The summed E-state index contributed by atoms with van der Waals surface area (Å²) in [5.41, 5.74) is 11.3. The molecular weight excluding hydrogens is 419 g/mol. The minimum Gasteiger partial charge on any atom is -0.317 e. The monoisotopic (exact) mass is 442 g/mol.